The fraction of sp³-hybridized carbons (Fsp3) is 0.533. The van der Waals surface area contributed by atoms with Crippen LogP contribution in [0.4, 0.5) is 0 Å². The Bertz CT molecular complexity index is 595. The number of rotatable bonds is 5. The van der Waals surface area contributed by atoms with E-state index < -0.39 is 10.0 Å². The smallest absolute Gasteiger partial charge is 0.240 e. The van der Waals surface area contributed by atoms with Gasteiger partial charge in [0.25, 0.3) is 0 Å². The second kappa shape index (κ2) is 6.06. The molecule has 0 spiro atoms. The zero-order valence-electron chi connectivity index (χ0n) is 11.9. The van der Waals surface area contributed by atoms with Crippen molar-refractivity contribution in [1.29, 1.82) is 0 Å². The summed E-state index contributed by atoms with van der Waals surface area (Å²) in [6.07, 6.45) is 3.19. The molecule has 0 heterocycles. The first kappa shape index (κ1) is 15.2. The predicted octanol–water partition coefficient (Wildman–Crippen LogP) is 2.75. The first-order chi connectivity index (χ1) is 9.42. The number of hydrogen-bond acceptors (Lipinski definition) is 3. The molecule has 20 heavy (non-hydrogen) atoms. The summed E-state index contributed by atoms with van der Waals surface area (Å²) in [5.41, 5.74) is 0.454. The molecule has 1 aromatic carbocycles. The summed E-state index contributed by atoms with van der Waals surface area (Å²) in [5.74, 6) is 0.521. The van der Waals surface area contributed by atoms with E-state index in [1.54, 1.807) is 19.1 Å². The fourth-order valence-electron chi connectivity index (χ4n) is 2.64. The van der Waals surface area contributed by atoms with E-state index in [0.29, 0.717) is 17.9 Å². The topological polar surface area (TPSA) is 63.2 Å². The molecule has 2 unspecified atom stereocenters. The van der Waals surface area contributed by atoms with Crippen LogP contribution in [0.15, 0.2) is 29.2 Å². The maximum atomic E-state index is 12.3. The van der Waals surface area contributed by atoms with Crippen molar-refractivity contribution in [2.75, 3.05) is 0 Å². The van der Waals surface area contributed by atoms with Crippen molar-refractivity contribution in [2.24, 2.45) is 5.92 Å². The molecule has 2 atom stereocenters. The molecule has 1 aliphatic rings. The van der Waals surface area contributed by atoms with Crippen LogP contribution in [0.2, 0.25) is 0 Å². The SMILES string of the molecule is CCC(=O)c1cccc(S(=O)(=O)NC2CCC(C)C2)c1. The van der Waals surface area contributed by atoms with Gasteiger partial charge in [-0.25, -0.2) is 13.1 Å². The number of Topliss-reactive ketones (excluding diaryl/α,β-unsaturated/α-hetero) is 1. The standard InChI is InChI=1S/C15H21NO3S/c1-3-15(17)12-5-4-6-14(10-12)20(18,19)16-13-8-7-11(2)9-13/h4-6,10-11,13,16H,3,7-9H2,1-2H3. The number of nitrogens with one attached hydrogen (secondary N) is 1. The van der Waals surface area contributed by atoms with Gasteiger partial charge in [-0.3, -0.25) is 4.79 Å². The van der Waals surface area contributed by atoms with Gasteiger partial charge in [-0.15, -0.1) is 0 Å². The van der Waals surface area contributed by atoms with E-state index in [-0.39, 0.29) is 16.7 Å². The Labute approximate surface area is 120 Å². The van der Waals surface area contributed by atoms with E-state index in [1.807, 2.05) is 0 Å². The number of carbonyl (C=O) groups excluding carboxylic acids is 1. The average Bonchev–Trinajstić information content (AvgIpc) is 2.82. The van der Waals surface area contributed by atoms with Gasteiger partial charge < -0.3 is 0 Å². The van der Waals surface area contributed by atoms with Crippen molar-refractivity contribution in [1.82, 2.24) is 4.72 Å². The van der Waals surface area contributed by atoms with Crippen molar-refractivity contribution < 1.29 is 13.2 Å². The fourth-order valence-corrected chi connectivity index (χ4v) is 3.97. The van der Waals surface area contributed by atoms with Gasteiger partial charge in [-0.2, -0.15) is 0 Å². The quantitative estimate of drug-likeness (QED) is 0.850. The Morgan fingerprint density at radius 2 is 2.10 bits per heavy atom. The molecule has 1 fully saturated rings. The number of carbonyl (C=O) groups is 1. The van der Waals surface area contributed by atoms with Crippen LogP contribution in [0, 0.1) is 5.92 Å². The highest BCUT2D eigenvalue weighted by Gasteiger charge is 2.26. The van der Waals surface area contributed by atoms with Gasteiger partial charge in [0.05, 0.1) is 4.90 Å². The second-order valence-corrected chi connectivity index (χ2v) is 7.25. The minimum atomic E-state index is -3.53. The Morgan fingerprint density at radius 3 is 2.70 bits per heavy atom. The first-order valence-corrected chi connectivity index (χ1v) is 8.56. The van der Waals surface area contributed by atoms with Gasteiger partial charge in [0.2, 0.25) is 10.0 Å². The van der Waals surface area contributed by atoms with Crippen LogP contribution in [0.25, 0.3) is 0 Å². The minimum Gasteiger partial charge on any atom is -0.294 e. The van der Waals surface area contributed by atoms with E-state index in [2.05, 4.69) is 11.6 Å². The number of sulfonamides is 1. The third kappa shape index (κ3) is 3.46. The Hall–Kier alpha value is -1.20. The minimum absolute atomic E-state index is 0.0144. The van der Waals surface area contributed by atoms with Crippen molar-refractivity contribution in [3.8, 4) is 0 Å². The summed E-state index contributed by atoms with van der Waals surface area (Å²) < 4.78 is 27.4. The van der Waals surface area contributed by atoms with Crippen LogP contribution in [-0.2, 0) is 10.0 Å². The van der Waals surface area contributed by atoms with Crippen molar-refractivity contribution in [2.45, 2.75) is 50.5 Å². The average molecular weight is 295 g/mol. The lowest BCUT2D eigenvalue weighted by atomic mass is 10.1. The Balaban J connectivity index is 2.19. The zero-order chi connectivity index (χ0) is 14.8. The molecule has 0 amide bonds. The first-order valence-electron chi connectivity index (χ1n) is 7.08. The van der Waals surface area contributed by atoms with Crippen molar-refractivity contribution in [3.63, 3.8) is 0 Å². The summed E-state index contributed by atoms with van der Waals surface area (Å²) in [6, 6.07) is 6.29. The normalized spacial score (nSPS) is 22.9. The van der Waals surface area contributed by atoms with E-state index in [4.69, 9.17) is 0 Å². The zero-order valence-corrected chi connectivity index (χ0v) is 12.7. The van der Waals surface area contributed by atoms with Crippen LogP contribution in [0.1, 0.15) is 49.9 Å². The monoisotopic (exact) mass is 295 g/mol. The molecule has 2 rings (SSSR count). The van der Waals surface area contributed by atoms with E-state index >= 15 is 0 Å². The van der Waals surface area contributed by atoms with Crippen LogP contribution < -0.4 is 4.72 Å². The van der Waals surface area contributed by atoms with Gasteiger partial charge in [-0.1, -0.05) is 26.0 Å². The summed E-state index contributed by atoms with van der Waals surface area (Å²) in [5, 5.41) is 0. The Kier molecular flexibility index (Phi) is 4.60. The number of benzene rings is 1. The van der Waals surface area contributed by atoms with Crippen molar-refractivity contribution >= 4 is 15.8 Å². The number of hydrogen-bond donors (Lipinski definition) is 1. The van der Waals surface area contributed by atoms with Gasteiger partial charge in [0.1, 0.15) is 0 Å². The lowest BCUT2D eigenvalue weighted by Gasteiger charge is -2.13. The molecule has 0 radical (unpaired) electrons. The molecule has 110 valence electrons. The molecule has 4 nitrogen and oxygen atoms in total. The maximum Gasteiger partial charge on any atom is 0.240 e. The molecular weight excluding hydrogens is 274 g/mol. The maximum absolute atomic E-state index is 12.3. The highest BCUT2D eigenvalue weighted by atomic mass is 32.2. The molecular formula is C15H21NO3S. The molecule has 1 N–H and O–H groups in total. The number of ketones is 1. The lowest BCUT2D eigenvalue weighted by Crippen LogP contribution is -2.33. The predicted molar refractivity (Wildman–Crippen MR) is 78.2 cm³/mol. The molecule has 5 heteroatoms. The van der Waals surface area contributed by atoms with Crippen LogP contribution in [-0.4, -0.2) is 20.2 Å². The lowest BCUT2D eigenvalue weighted by molar-refractivity contribution is 0.0988. The molecule has 0 saturated heterocycles. The molecule has 0 aromatic heterocycles. The van der Waals surface area contributed by atoms with Crippen LogP contribution in [0.3, 0.4) is 0 Å². The molecule has 0 bridgehead atoms. The third-order valence-electron chi connectivity index (χ3n) is 3.80. The summed E-state index contributed by atoms with van der Waals surface area (Å²) >= 11 is 0. The third-order valence-corrected chi connectivity index (χ3v) is 5.32. The largest absolute Gasteiger partial charge is 0.294 e. The van der Waals surface area contributed by atoms with Crippen molar-refractivity contribution in [3.05, 3.63) is 29.8 Å². The Morgan fingerprint density at radius 1 is 1.35 bits per heavy atom. The summed E-state index contributed by atoms with van der Waals surface area (Å²) in [6.45, 7) is 3.90. The van der Waals surface area contributed by atoms with Gasteiger partial charge in [0, 0.05) is 18.0 Å². The van der Waals surface area contributed by atoms with E-state index in [0.717, 1.165) is 19.3 Å². The summed E-state index contributed by atoms with van der Waals surface area (Å²) in [4.78, 5) is 11.8. The molecule has 1 saturated carbocycles. The van der Waals surface area contributed by atoms with Crippen LogP contribution in [0.5, 0.6) is 0 Å². The molecule has 0 aliphatic heterocycles. The molecule has 1 aromatic rings. The molecule has 1 aliphatic carbocycles. The highest BCUT2D eigenvalue weighted by Crippen LogP contribution is 2.26. The van der Waals surface area contributed by atoms with Gasteiger partial charge in [0.15, 0.2) is 5.78 Å². The van der Waals surface area contributed by atoms with E-state index in [1.165, 1.54) is 12.1 Å². The second-order valence-electron chi connectivity index (χ2n) is 5.54. The van der Waals surface area contributed by atoms with E-state index in [9.17, 15) is 13.2 Å². The van der Waals surface area contributed by atoms with Gasteiger partial charge >= 0.3 is 0 Å². The van der Waals surface area contributed by atoms with Gasteiger partial charge in [-0.05, 0) is 37.3 Å². The highest BCUT2D eigenvalue weighted by molar-refractivity contribution is 7.89. The van der Waals surface area contributed by atoms with Crippen LogP contribution >= 0.6 is 0 Å². The summed E-state index contributed by atoms with van der Waals surface area (Å²) in [7, 11) is -3.53.